The number of rotatable bonds is 3. The minimum absolute atomic E-state index is 0.109. The zero-order valence-corrected chi connectivity index (χ0v) is 13.0. The number of hydrogen-bond donors (Lipinski definition) is 1. The molecule has 1 aliphatic heterocycles. The first-order chi connectivity index (χ1) is 10.5. The molecular weight excluding hydrogens is 298 g/mol. The van der Waals surface area contributed by atoms with E-state index in [-0.39, 0.29) is 4.90 Å². The van der Waals surface area contributed by atoms with Crippen molar-refractivity contribution in [2.45, 2.75) is 11.8 Å². The summed E-state index contributed by atoms with van der Waals surface area (Å²) in [4.78, 5) is 6.82. The van der Waals surface area contributed by atoms with Crippen LogP contribution in [0.1, 0.15) is 11.1 Å². The number of amidine groups is 1. The van der Waals surface area contributed by atoms with Crippen LogP contribution in [0, 0.1) is 6.92 Å². The van der Waals surface area contributed by atoms with Crippen LogP contribution in [0.4, 0.5) is 5.69 Å². The molecule has 0 aromatic heterocycles. The van der Waals surface area contributed by atoms with Gasteiger partial charge in [-0.25, -0.2) is 13.6 Å². The van der Waals surface area contributed by atoms with Crippen LogP contribution in [-0.2, 0) is 10.0 Å². The van der Waals surface area contributed by atoms with Crippen molar-refractivity contribution in [3.63, 3.8) is 0 Å². The minimum Gasteiger partial charge on any atom is -0.324 e. The third-order valence-electron chi connectivity index (χ3n) is 3.69. The normalized spacial score (nSPS) is 15.0. The van der Waals surface area contributed by atoms with Crippen molar-refractivity contribution in [2.24, 2.45) is 10.1 Å². The Kier molecular flexibility index (Phi) is 3.72. The number of hydrogen-bond acceptors (Lipinski definition) is 4. The number of aliphatic imine (C=N–C) groups is 1. The molecule has 2 N–H and O–H groups in total. The number of sulfonamides is 1. The summed E-state index contributed by atoms with van der Waals surface area (Å²) in [5, 5.41) is 5.13. The topological polar surface area (TPSA) is 75.8 Å². The summed E-state index contributed by atoms with van der Waals surface area (Å²) in [6.07, 6.45) is 0. The average Bonchev–Trinajstić information content (AvgIpc) is 2.96. The molecule has 1 aliphatic rings. The smallest absolute Gasteiger partial charge is 0.238 e. The van der Waals surface area contributed by atoms with Gasteiger partial charge in [-0.15, -0.1) is 0 Å². The molecule has 0 spiro atoms. The van der Waals surface area contributed by atoms with Crippen molar-refractivity contribution in [1.82, 2.24) is 0 Å². The summed E-state index contributed by atoms with van der Waals surface area (Å²) in [7, 11) is -3.67. The van der Waals surface area contributed by atoms with Crippen LogP contribution >= 0.6 is 0 Å². The minimum atomic E-state index is -3.67. The highest BCUT2D eigenvalue weighted by Gasteiger charge is 2.21. The first-order valence-electron chi connectivity index (χ1n) is 6.98. The molecule has 2 aromatic rings. The van der Waals surface area contributed by atoms with Crippen LogP contribution in [0.25, 0.3) is 0 Å². The van der Waals surface area contributed by atoms with Crippen LogP contribution < -0.4 is 10.0 Å². The van der Waals surface area contributed by atoms with Gasteiger partial charge in [0.2, 0.25) is 10.0 Å². The second-order valence-corrected chi connectivity index (χ2v) is 6.77. The summed E-state index contributed by atoms with van der Waals surface area (Å²) in [5.74, 6) is 0.857. The van der Waals surface area contributed by atoms with Crippen LogP contribution in [0.5, 0.6) is 0 Å². The number of nitrogens with two attached hydrogens (primary N) is 1. The van der Waals surface area contributed by atoms with E-state index in [0.717, 1.165) is 30.2 Å². The van der Waals surface area contributed by atoms with Crippen molar-refractivity contribution < 1.29 is 8.42 Å². The number of nitrogens with zero attached hydrogens (tertiary/aromatic N) is 2. The summed E-state index contributed by atoms with van der Waals surface area (Å²) < 4.78 is 22.7. The number of primary sulfonamides is 1. The van der Waals surface area contributed by atoms with Crippen molar-refractivity contribution in [3.8, 4) is 0 Å². The molecule has 22 heavy (non-hydrogen) atoms. The molecule has 0 saturated heterocycles. The van der Waals surface area contributed by atoms with E-state index in [1.807, 2.05) is 12.1 Å². The van der Waals surface area contributed by atoms with Gasteiger partial charge in [-0.3, -0.25) is 4.99 Å². The van der Waals surface area contributed by atoms with E-state index in [1.54, 1.807) is 12.1 Å². The van der Waals surface area contributed by atoms with Gasteiger partial charge in [-0.1, -0.05) is 18.2 Å². The Hall–Kier alpha value is -2.18. The Labute approximate surface area is 130 Å². The molecular formula is C16H17N3O2S. The lowest BCUT2D eigenvalue weighted by atomic mass is 10.1. The van der Waals surface area contributed by atoms with Crippen molar-refractivity contribution >= 4 is 21.5 Å². The second kappa shape index (κ2) is 5.55. The van der Waals surface area contributed by atoms with E-state index in [9.17, 15) is 8.42 Å². The first kappa shape index (κ1) is 14.7. The van der Waals surface area contributed by atoms with E-state index in [0.29, 0.717) is 0 Å². The molecule has 0 radical (unpaired) electrons. The molecule has 0 unspecified atom stereocenters. The maximum Gasteiger partial charge on any atom is 0.238 e. The van der Waals surface area contributed by atoms with E-state index >= 15 is 0 Å². The Morgan fingerprint density at radius 3 is 2.41 bits per heavy atom. The Morgan fingerprint density at radius 1 is 1.09 bits per heavy atom. The fourth-order valence-corrected chi connectivity index (χ4v) is 3.10. The molecule has 0 atom stereocenters. The third-order valence-corrected chi connectivity index (χ3v) is 4.62. The summed E-state index contributed by atoms with van der Waals surface area (Å²) >= 11 is 0. The van der Waals surface area contributed by atoms with Crippen LogP contribution in [0.15, 0.2) is 58.4 Å². The Balaban J connectivity index is 1.96. The highest BCUT2D eigenvalue weighted by atomic mass is 32.2. The lowest BCUT2D eigenvalue weighted by Crippen LogP contribution is -2.28. The van der Waals surface area contributed by atoms with E-state index in [1.165, 1.54) is 17.7 Å². The molecule has 0 bridgehead atoms. The zero-order valence-electron chi connectivity index (χ0n) is 12.2. The standard InChI is InChI=1S/C16H17N3O2S/c1-12-4-2-3-5-15(12)19-11-10-18-16(19)13-6-8-14(9-7-13)22(17,20)21/h2-9H,10-11H2,1H3,(H2,17,20,21). The summed E-state index contributed by atoms with van der Waals surface area (Å²) in [5.41, 5.74) is 3.18. The van der Waals surface area contributed by atoms with Crippen LogP contribution in [0.3, 0.4) is 0 Å². The van der Waals surface area contributed by atoms with Gasteiger partial charge in [-0.2, -0.15) is 0 Å². The molecule has 1 heterocycles. The zero-order chi connectivity index (χ0) is 15.7. The number of para-hydroxylation sites is 1. The molecule has 2 aromatic carbocycles. The maximum atomic E-state index is 11.3. The highest BCUT2D eigenvalue weighted by Crippen LogP contribution is 2.24. The molecule has 0 fully saturated rings. The fraction of sp³-hybridized carbons (Fsp3) is 0.188. The molecule has 0 aliphatic carbocycles. The average molecular weight is 315 g/mol. The number of aryl methyl sites for hydroxylation is 1. The third kappa shape index (κ3) is 2.75. The van der Waals surface area contributed by atoms with Crippen LogP contribution in [0.2, 0.25) is 0 Å². The van der Waals surface area contributed by atoms with Crippen molar-refractivity contribution in [1.29, 1.82) is 0 Å². The SMILES string of the molecule is Cc1ccccc1N1CCN=C1c1ccc(S(N)(=O)=O)cc1. The number of benzene rings is 2. The monoisotopic (exact) mass is 315 g/mol. The molecule has 114 valence electrons. The largest absolute Gasteiger partial charge is 0.324 e. The van der Waals surface area contributed by atoms with Gasteiger partial charge < -0.3 is 4.90 Å². The van der Waals surface area contributed by atoms with Gasteiger partial charge in [0, 0.05) is 17.8 Å². The van der Waals surface area contributed by atoms with E-state index in [2.05, 4.69) is 28.9 Å². The molecule has 0 amide bonds. The molecule has 6 heteroatoms. The van der Waals surface area contributed by atoms with E-state index < -0.39 is 10.0 Å². The summed E-state index contributed by atoms with van der Waals surface area (Å²) in [6, 6.07) is 14.7. The first-order valence-corrected chi connectivity index (χ1v) is 8.52. The fourth-order valence-electron chi connectivity index (χ4n) is 2.59. The van der Waals surface area contributed by atoms with Crippen LogP contribution in [-0.4, -0.2) is 27.3 Å². The van der Waals surface area contributed by atoms with Gasteiger partial charge in [0.25, 0.3) is 0 Å². The van der Waals surface area contributed by atoms with E-state index in [4.69, 9.17) is 5.14 Å². The van der Waals surface area contributed by atoms with Gasteiger partial charge in [-0.05, 0) is 42.8 Å². The van der Waals surface area contributed by atoms with Gasteiger partial charge in [0.05, 0.1) is 11.4 Å². The predicted molar refractivity (Wildman–Crippen MR) is 87.7 cm³/mol. The molecule has 5 nitrogen and oxygen atoms in total. The predicted octanol–water partition coefficient (Wildman–Crippen LogP) is 1.91. The lowest BCUT2D eigenvalue weighted by Gasteiger charge is -2.22. The van der Waals surface area contributed by atoms with Crippen molar-refractivity contribution in [2.75, 3.05) is 18.0 Å². The Bertz CT molecular complexity index is 827. The quantitative estimate of drug-likeness (QED) is 0.940. The summed E-state index contributed by atoms with van der Waals surface area (Å²) in [6.45, 7) is 3.60. The van der Waals surface area contributed by atoms with Gasteiger partial charge >= 0.3 is 0 Å². The molecule has 3 rings (SSSR count). The second-order valence-electron chi connectivity index (χ2n) is 5.21. The molecule has 0 saturated carbocycles. The van der Waals surface area contributed by atoms with Gasteiger partial charge in [0.1, 0.15) is 5.84 Å². The highest BCUT2D eigenvalue weighted by molar-refractivity contribution is 7.89. The number of anilines is 1. The van der Waals surface area contributed by atoms with Crippen molar-refractivity contribution in [3.05, 3.63) is 59.7 Å². The maximum absolute atomic E-state index is 11.3. The lowest BCUT2D eigenvalue weighted by molar-refractivity contribution is 0.598. The van der Waals surface area contributed by atoms with Gasteiger partial charge in [0.15, 0.2) is 0 Å². The Morgan fingerprint density at radius 2 is 1.77 bits per heavy atom.